The first-order chi connectivity index (χ1) is 12.6. The van der Waals surface area contributed by atoms with Crippen molar-refractivity contribution in [1.29, 1.82) is 0 Å². The van der Waals surface area contributed by atoms with Gasteiger partial charge in [-0.05, 0) is 17.7 Å². The fourth-order valence-electron chi connectivity index (χ4n) is 3.43. The summed E-state index contributed by atoms with van der Waals surface area (Å²) in [4.78, 5) is 30.4. The van der Waals surface area contributed by atoms with E-state index in [1.165, 1.54) is 0 Å². The summed E-state index contributed by atoms with van der Waals surface area (Å²) >= 11 is 1.68. The number of hydrogen-bond acceptors (Lipinski definition) is 5. The van der Waals surface area contributed by atoms with E-state index < -0.39 is 0 Å². The largest absolute Gasteiger partial charge is 0.497 e. The van der Waals surface area contributed by atoms with Crippen molar-refractivity contribution in [3.8, 4) is 5.75 Å². The molecule has 0 saturated carbocycles. The molecule has 1 atom stereocenters. The van der Waals surface area contributed by atoms with Crippen molar-refractivity contribution in [3.05, 3.63) is 29.8 Å². The summed E-state index contributed by atoms with van der Waals surface area (Å²) in [6.45, 7) is 6.83. The number of methoxy groups -OCH3 is 1. The van der Waals surface area contributed by atoms with E-state index in [9.17, 15) is 9.59 Å². The second-order valence-electron chi connectivity index (χ2n) is 6.60. The van der Waals surface area contributed by atoms with E-state index in [-0.39, 0.29) is 17.2 Å². The smallest absolute Gasteiger partial charge is 0.233 e. The normalized spacial score (nSPS) is 21.3. The molecule has 0 aliphatic carbocycles. The van der Waals surface area contributed by atoms with Crippen LogP contribution in [0.2, 0.25) is 0 Å². The maximum Gasteiger partial charge on any atom is 0.233 e. The maximum absolute atomic E-state index is 12.3. The Bertz CT molecular complexity index is 629. The Balaban J connectivity index is 1.54. The number of nitrogens with zero attached hydrogens (tertiary/aromatic N) is 3. The van der Waals surface area contributed by atoms with E-state index in [0.717, 1.165) is 50.6 Å². The molecular formula is C19H27N3O3S. The zero-order valence-electron chi connectivity index (χ0n) is 15.5. The zero-order chi connectivity index (χ0) is 18.5. The standard InChI is InChI=1S/C19H27N3O3S/c1-3-17(23)21-11-8-20(9-12-21)10-13-22-18(24)14-26-19(22)15-4-6-16(25-2)7-5-15/h4-7,19H,3,8-14H2,1-2H3. The summed E-state index contributed by atoms with van der Waals surface area (Å²) in [7, 11) is 1.66. The van der Waals surface area contributed by atoms with Crippen LogP contribution >= 0.6 is 11.8 Å². The number of amides is 2. The molecule has 2 fully saturated rings. The lowest BCUT2D eigenvalue weighted by Crippen LogP contribution is -2.50. The van der Waals surface area contributed by atoms with Gasteiger partial charge in [-0.15, -0.1) is 11.8 Å². The fourth-order valence-corrected chi connectivity index (χ4v) is 4.65. The van der Waals surface area contributed by atoms with Crippen molar-refractivity contribution < 1.29 is 14.3 Å². The number of hydrogen-bond donors (Lipinski definition) is 0. The molecule has 0 bridgehead atoms. The topological polar surface area (TPSA) is 53.1 Å². The molecule has 2 aliphatic rings. The molecule has 0 radical (unpaired) electrons. The average Bonchev–Trinajstić information content (AvgIpc) is 3.06. The average molecular weight is 378 g/mol. The van der Waals surface area contributed by atoms with Gasteiger partial charge in [-0.2, -0.15) is 0 Å². The van der Waals surface area contributed by atoms with Gasteiger partial charge in [-0.1, -0.05) is 19.1 Å². The molecule has 0 aromatic heterocycles. The Kier molecular flexibility index (Phi) is 6.43. The maximum atomic E-state index is 12.3. The lowest BCUT2D eigenvalue weighted by molar-refractivity contribution is -0.132. The number of carbonyl (C=O) groups excluding carboxylic acids is 2. The Hall–Kier alpha value is -1.73. The van der Waals surface area contributed by atoms with Crippen LogP contribution in [0.1, 0.15) is 24.3 Å². The van der Waals surface area contributed by atoms with Crippen molar-refractivity contribution in [2.75, 3.05) is 52.1 Å². The molecule has 0 N–H and O–H groups in total. The minimum Gasteiger partial charge on any atom is -0.497 e. The zero-order valence-corrected chi connectivity index (χ0v) is 16.3. The summed E-state index contributed by atoms with van der Waals surface area (Å²) in [6.07, 6.45) is 0.572. The monoisotopic (exact) mass is 377 g/mol. The van der Waals surface area contributed by atoms with Crippen molar-refractivity contribution in [3.63, 3.8) is 0 Å². The second-order valence-corrected chi connectivity index (χ2v) is 7.67. The predicted molar refractivity (Wildman–Crippen MR) is 103 cm³/mol. The quantitative estimate of drug-likeness (QED) is 0.757. The van der Waals surface area contributed by atoms with E-state index in [1.807, 2.05) is 41.0 Å². The molecule has 6 nitrogen and oxygen atoms in total. The van der Waals surface area contributed by atoms with Gasteiger partial charge in [-0.3, -0.25) is 14.5 Å². The number of ether oxygens (including phenoxy) is 1. The van der Waals surface area contributed by atoms with Gasteiger partial charge >= 0.3 is 0 Å². The van der Waals surface area contributed by atoms with Crippen LogP contribution in [-0.2, 0) is 9.59 Å². The third-order valence-electron chi connectivity index (χ3n) is 5.05. The molecule has 2 amide bonds. The van der Waals surface area contributed by atoms with Crippen LogP contribution in [-0.4, -0.2) is 78.6 Å². The van der Waals surface area contributed by atoms with E-state index in [4.69, 9.17) is 4.74 Å². The van der Waals surface area contributed by atoms with Gasteiger partial charge in [0, 0.05) is 45.7 Å². The Labute approximate surface area is 159 Å². The van der Waals surface area contributed by atoms with Crippen molar-refractivity contribution in [2.24, 2.45) is 0 Å². The molecule has 142 valence electrons. The summed E-state index contributed by atoms with van der Waals surface area (Å²) < 4.78 is 5.22. The third kappa shape index (κ3) is 4.32. The molecule has 2 heterocycles. The van der Waals surface area contributed by atoms with Crippen LogP contribution in [0.4, 0.5) is 0 Å². The predicted octanol–water partition coefficient (Wildman–Crippen LogP) is 1.82. The molecule has 3 rings (SSSR count). The summed E-state index contributed by atoms with van der Waals surface area (Å²) in [5.74, 6) is 1.80. The molecule has 26 heavy (non-hydrogen) atoms. The molecule has 1 unspecified atom stereocenters. The third-order valence-corrected chi connectivity index (χ3v) is 6.31. The first-order valence-corrected chi connectivity index (χ1v) is 10.2. The fraction of sp³-hybridized carbons (Fsp3) is 0.579. The highest BCUT2D eigenvalue weighted by Gasteiger charge is 2.33. The highest BCUT2D eigenvalue weighted by molar-refractivity contribution is 8.00. The second kappa shape index (κ2) is 8.77. The number of piperazine rings is 1. The Morgan fingerprint density at radius 2 is 1.85 bits per heavy atom. The van der Waals surface area contributed by atoms with Gasteiger partial charge in [-0.25, -0.2) is 0 Å². The van der Waals surface area contributed by atoms with Gasteiger partial charge < -0.3 is 14.5 Å². The van der Waals surface area contributed by atoms with Gasteiger partial charge in [0.1, 0.15) is 11.1 Å². The first kappa shape index (κ1) is 19.0. The first-order valence-electron chi connectivity index (χ1n) is 9.17. The van der Waals surface area contributed by atoms with E-state index in [1.54, 1.807) is 18.9 Å². The van der Waals surface area contributed by atoms with Gasteiger partial charge in [0.15, 0.2) is 0 Å². The van der Waals surface area contributed by atoms with Crippen LogP contribution < -0.4 is 4.74 Å². The van der Waals surface area contributed by atoms with E-state index >= 15 is 0 Å². The number of carbonyl (C=O) groups is 2. The summed E-state index contributed by atoms with van der Waals surface area (Å²) in [6, 6.07) is 7.97. The van der Waals surface area contributed by atoms with Crippen LogP contribution in [0.15, 0.2) is 24.3 Å². The van der Waals surface area contributed by atoms with Crippen LogP contribution in [0.3, 0.4) is 0 Å². The van der Waals surface area contributed by atoms with Crippen molar-refractivity contribution in [2.45, 2.75) is 18.7 Å². The Morgan fingerprint density at radius 1 is 1.15 bits per heavy atom. The lowest BCUT2D eigenvalue weighted by Gasteiger charge is -2.36. The molecule has 7 heteroatoms. The number of rotatable bonds is 6. The molecule has 2 aliphatic heterocycles. The molecular weight excluding hydrogens is 350 g/mol. The van der Waals surface area contributed by atoms with Crippen molar-refractivity contribution in [1.82, 2.24) is 14.7 Å². The highest BCUT2D eigenvalue weighted by atomic mass is 32.2. The van der Waals surface area contributed by atoms with E-state index in [2.05, 4.69) is 4.90 Å². The van der Waals surface area contributed by atoms with Crippen LogP contribution in [0.25, 0.3) is 0 Å². The van der Waals surface area contributed by atoms with Gasteiger partial charge in [0.05, 0.1) is 12.9 Å². The minimum absolute atomic E-state index is 0.0800. The van der Waals surface area contributed by atoms with Crippen molar-refractivity contribution >= 4 is 23.6 Å². The molecule has 0 spiro atoms. The number of benzene rings is 1. The summed E-state index contributed by atoms with van der Waals surface area (Å²) in [5.41, 5.74) is 1.14. The number of thioether (sulfide) groups is 1. The van der Waals surface area contributed by atoms with Gasteiger partial charge in [0.2, 0.25) is 11.8 Å². The highest BCUT2D eigenvalue weighted by Crippen LogP contribution is 2.38. The lowest BCUT2D eigenvalue weighted by atomic mass is 10.2. The SMILES string of the molecule is CCC(=O)N1CCN(CCN2C(=O)CSC2c2ccc(OC)cc2)CC1. The van der Waals surface area contributed by atoms with Crippen LogP contribution in [0.5, 0.6) is 5.75 Å². The van der Waals surface area contributed by atoms with Crippen LogP contribution in [0, 0.1) is 0 Å². The van der Waals surface area contributed by atoms with Gasteiger partial charge in [0.25, 0.3) is 0 Å². The molecule has 1 aromatic rings. The Morgan fingerprint density at radius 3 is 2.46 bits per heavy atom. The minimum atomic E-state index is 0.0800. The molecule has 1 aromatic carbocycles. The molecule has 2 saturated heterocycles. The summed E-state index contributed by atoms with van der Waals surface area (Å²) in [5, 5.41) is 0.0800. The van der Waals surface area contributed by atoms with E-state index in [0.29, 0.717) is 12.2 Å².